The van der Waals surface area contributed by atoms with Gasteiger partial charge < -0.3 is 10.4 Å². The molecule has 1 aromatic rings. The fraction of sp³-hybridized carbons (Fsp3) is 0.250. The van der Waals surface area contributed by atoms with Crippen LogP contribution in [0.3, 0.4) is 0 Å². The van der Waals surface area contributed by atoms with Crippen LogP contribution in [0.5, 0.6) is 0 Å². The maximum absolute atomic E-state index is 12.8. The SMILES string of the molecule is C#CCCC(O)=C(C#N)CC(=O)Nc1ccccc1C(F)(F)F. The van der Waals surface area contributed by atoms with Crippen LogP contribution in [-0.2, 0) is 11.0 Å². The number of benzene rings is 1. The molecule has 0 aromatic heterocycles. The van der Waals surface area contributed by atoms with Gasteiger partial charge in [0, 0.05) is 12.8 Å². The average molecular weight is 322 g/mol. The summed E-state index contributed by atoms with van der Waals surface area (Å²) in [5.74, 6) is 1.08. The summed E-state index contributed by atoms with van der Waals surface area (Å²) in [6.45, 7) is 0. The first kappa shape index (κ1) is 18.1. The zero-order valence-corrected chi connectivity index (χ0v) is 11.9. The van der Waals surface area contributed by atoms with Crippen LogP contribution in [0.25, 0.3) is 0 Å². The Labute approximate surface area is 131 Å². The van der Waals surface area contributed by atoms with Gasteiger partial charge in [-0.2, -0.15) is 18.4 Å². The smallest absolute Gasteiger partial charge is 0.418 e. The highest BCUT2D eigenvalue weighted by molar-refractivity contribution is 5.93. The molecule has 23 heavy (non-hydrogen) atoms. The van der Waals surface area contributed by atoms with Crippen LogP contribution < -0.4 is 5.32 Å². The van der Waals surface area contributed by atoms with E-state index in [2.05, 4.69) is 11.2 Å². The number of nitrogens with one attached hydrogen (secondary N) is 1. The molecule has 0 spiro atoms. The highest BCUT2D eigenvalue weighted by atomic mass is 19.4. The van der Waals surface area contributed by atoms with Crippen molar-refractivity contribution in [2.45, 2.75) is 25.4 Å². The Morgan fingerprint density at radius 1 is 1.35 bits per heavy atom. The lowest BCUT2D eigenvalue weighted by Crippen LogP contribution is -2.17. The van der Waals surface area contributed by atoms with Gasteiger partial charge in [-0.05, 0) is 12.1 Å². The molecule has 0 atom stereocenters. The molecule has 7 heteroatoms. The second-order valence-electron chi connectivity index (χ2n) is 4.51. The number of carbonyl (C=O) groups is 1. The Balaban J connectivity index is 2.90. The van der Waals surface area contributed by atoms with Gasteiger partial charge in [-0.15, -0.1) is 12.3 Å². The zero-order valence-electron chi connectivity index (χ0n) is 11.9. The molecule has 2 N–H and O–H groups in total. The summed E-state index contributed by atoms with van der Waals surface area (Å²) in [6, 6.07) is 6.13. The lowest BCUT2D eigenvalue weighted by atomic mass is 10.1. The molecule has 4 nitrogen and oxygen atoms in total. The minimum atomic E-state index is -4.62. The summed E-state index contributed by atoms with van der Waals surface area (Å²) in [5, 5.41) is 20.7. The molecule has 0 bridgehead atoms. The maximum Gasteiger partial charge on any atom is 0.418 e. The number of nitrogens with zero attached hydrogens (tertiary/aromatic N) is 1. The molecule has 1 rings (SSSR count). The minimum Gasteiger partial charge on any atom is -0.511 e. The van der Waals surface area contributed by atoms with Gasteiger partial charge in [0.05, 0.1) is 29.3 Å². The summed E-state index contributed by atoms with van der Waals surface area (Å²) in [7, 11) is 0. The third-order valence-corrected chi connectivity index (χ3v) is 2.83. The fourth-order valence-corrected chi connectivity index (χ4v) is 1.74. The molecule has 0 aliphatic carbocycles. The van der Waals surface area contributed by atoms with Crippen LogP contribution in [-0.4, -0.2) is 11.0 Å². The van der Waals surface area contributed by atoms with Crippen molar-refractivity contribution < 1.29 is 23.1 Å². The van der Waals surface area contributed by atoms with E-state index in [-0.39, 0.29) is 24.2 Å². The van der Waals surface area contributed by atoms with Crippen LogP contribution in [0, 0.1) is 23.7 Å². The number of hydrogen-bond acceptors (Lipinski definition) is 3. The molecule has 0 radical (unpaired) electrons. The summed E-state index contributed by atoms with van der Waals surface area (Å²) in [5.41, 5.74) is -1.64. The molecule has 0 fully saturated rings. The van der Waals surface area contributed by atoms with E-state index in [0.29, 0.717) is 0 Å². The Hall–Kier alpha value is -2.93. The van der Waals surface area contributed by atoms with Crippen LogP contribution >= 0.6 is 0 Å². The zero-order chi connectivity index (χ0) is 17.5. The number of aliphatic hydroxyl groups is 1. The number of halogens is 3. The molecule has 0 unspecified atom stereocenters. The number of nitriles is 1. The van der Waals surface area contributed by atoms with E-state index in [1.807, 2.05) is 0 Å². The van der Waals surface area contributed by atoms with Gasteiger partial charge in [-0.1, -0.05) is 12.1 Å². The van der Waals surface area contributed by atoms with Crippen molar-refractivity contribution in [3.8, 4) is 18.4 Å². The van der Waals surface area contributed by atoms with Crippen molar-refractivity contribution in [3.63, 3.8) is 0 Å². The normalized spacial score (nSPS) is 11.9. The van der Waals surface area contributed by atoms with E-state index >= 15 is 0 Å². The van der Waals surface area contributed by atoms with Crippen LogP contribution in [0.1, 0.15) is 24.8 Å². The largest absolute Gasteiger partial charge is 0.511 e. The summed E-state index contributed by atoms with van der Waals surface area (Å²) in [6.07, 6.45) is 0.0617. The Bertz CT molecular complexity index is 695. The number of carbonyl (C=O) groups excluding carboxylic acids is 1. The first-order valence-corrected chi connectivity index (χ1v) is 6.50. The van der Waals surface area contributed by atoms with E-state index in [1.165, 1.54) is 12.1 Å². The number of allylic oxidation sites excluding steroid dienone is 1. The van der Waals surface area contributed by atoms with Gasteiger partial charge >= 0.3 is 6.18 Å². The number of terminal acetylenes is 1. The Morgan fingerprint density at radius 3 is 2.57 bits per heavy atom. The fourth-order valence-electron chi connectivity index (χ4n) is 1.74. The second-order valence-corrected chi connectivity index (χ2v) is 4.51. The van der Waals surface area contributed by atoms with E-state index in [1.54, 1.807) is 6.07 Å². The van der Waals surface area contributed by atoms with Gasteiger partial charge in [0.15, 0.2) is 0 Å². The van der Waals surface area contributed by atoms with Crippen LogP contribution in [0.15, 0.2) is 35.6 Å². The standard InChI is InChI=1S/C16H13F3N2O2/c1-2-3-8-14(22)11(10-20)9-15(23)21-13-7-5-4-6-12(13)16(17,18)19/h1,4-7,22H,3,8-9H2,(H,21,23). The van der Waals surface area contributed by atoms with Crippen molar-refractivity contribution in [2.24, 2.45) is 0 Å². The predicted molar refractivity (Wildman–Crippen MR) is 78.0 cm³/mol. The third kappa shape index (κ3) is 5.40. The first-order valence-electron chi connectivity index (χ1n) is 6.50. The van der Waals surface area contributed by atoms with Crippen molar-refractivity contribution in [2.75, 3.05) is 5.32 Å². The van der Waals surface area contributed by atoms with Gasteiger partial charge in [0.25, 0.3) is 0 Å². The van der Waals surface area contributed by atoms with Crippen molar-refractivity contribution >= 4 is 11.6 Å². The summed E-state index contributed by atoms with van der Waals surface area (Å²) >= 11 is 0. The molecule has 0 saturated carbocycles. The summed E-state index contributed by atoms with van der Waals surface area (Å²) in [4.78, 5) is 11.8. The molecule has 0 aliphatic rings. The van der Waals surface area contributed by atoms with Gasteiger partial charge in [0.1, 0.15) is 5.76 Å². The molecular weight excluding hydrogens is 309 g/mol. The number of alkyl halides is 3. The van der Waals surface area contributed by atoms with Crippen molar-refractivity contribution in [1.82, 2.24) is 0 Å². The van der Waals surface area contributed by atoms with E-state index in [9.17, 15) is 23.1 Å². The first-order chi connectivity index (χ1) is 10.8. The van der Waals surface area contributed by atoms with Gasteiger partial charge in [0.2, 0.25) is 5.91 Å². The Morgan fingerprint density at radius 2 is 2.00 bits per heavy atom. The number of aliphatic hydroxyl groups excluding tert-OH is 1. The van der Waals surface area contributed by atoms with Crippen LogP contribution in [0.4, 0.5) is 18.9 Å². The summed E-state index contributed by atoms with van der Waals surface area (Å²) < 4.78 is 38.5. The predicted octanol–water partition coefficient (Wildman–Crippen LogP) is 3.78. The topological polar surface area (TPSA) is 73.1 Å². The number of anilines is 1. The quantitative estimate of drug-likeness (QED) is 0.492. The maximum atomic E-state index is 12.8. The number of para-hydroxylation sites is 1. The Kier molecular flexibility index (Phi) is 6.23. The highest BCUT2D eigenvalue weighted by Crippen LogP contribution is 2.34. The number of amides is 1. The van der Waals surface area contributed by atoms with E-state index in [4.69, 9.17) is 11.7 Å². The number of rotatable bonds is 5. The molecular formula is C16H13F3N2O2. The molecule has 0 heterocycles. The number of hydrogen-bond donors (Lipinski definition) is 2. The highest BCUT2D eigenvalue weighted by Gasteiger charge is 2.33. The van der Waals surface area contributed by atoms with Gasteiger partial charge in [-0.3, -0.25) is 4.79 Å². The van der Waals surface area contributed by atoms with Gasteiger partial charge in [-0.25, -0.2) is 0 Å². The van der Waals surface area contributed by atoms with Crippen molar-refractivity contribution in [3.05, 3.63) is 41.2 Å². The van der Waals surface area contributed by atoms with Crippen molar-refractivity contribution in [1.29, 1.82) is 5.26 Å². The van der Waals surface area contributed by atoms with E-state index < -0.39 is 29.8 Å². The second kappa shape index (κ2) is 7.90. The molecule has 120 valence electrons. The lowest BCUT2D eigenvalue weighted by molar-refractivity contribution is -0.137. The molecule has 1 amide bonds. The van der Waals surface area contributed by atoms with Crippen LogP contribution in [0.2, 0.25) is 0 Å². The third-order valence-electron chi connectivity index (χ3n) is 2.83. The van der Waals surface area contributed by atoms with E-state index in [0.717, 1.165) is 12.1 Å². The monoisotopic (exact) mass is 322 g/mol. The molecule has 0 saturated heterocycles. The molecule has 0 aliphatic heterocycles. The lowest BCUT2D eigenvalue weighted by Gasteiger charge is -2.13. The molecule has 1 aromatic carbocycles. The average Bonchev–Trinajstić information content (AvgIpc) is 2.49. The minimum absolute atomic E-state index is 0.0197.